The van der Waals surface area contributed by atoms with Crippen LogP contribution in [-0.2, 0) is 15.6 Å². The maximum absolute atomic E-state index is 13.8. The van der Waals surface area contributed by atoms with Gasteiger partial charge in [0.15, 0.2) is 0 Å². The Labute approximate surface area is 177 Å². The second kappa shape index (κ2) is 6.70. The van der Waals surface area contributed by atoms with Gasteiger partial charge < -0.3 is 0 Å². The number of carbonyl (C=O) groups excluding carboxylic acids is 1. The van der Waals surface area contributed by atoms with E-state index in [1.807, 2.05) is 44.2 Å². The summed E-state index contributed by atoms with van der Waals surface area (Å²) in [6.45, 7) is 10.5. The monoisotopic (exact) mass is 404 g/mol. The summed E-state index contributed by atoms with van der Waals surface area (Å²) in [4.78, 5) is 20.0. The van der Waals surface area contributed by atoms with Crippen molar-refractivity contribution in [1.82, 2.24) is 4.98 Å². The summed E-state index contributed by atoms with van der Waals surface area (Å²) in [6.07, 6.45) is 1.74. The van der Waals surface area contributed by atoms with Crippen molar-refractivity contribution >= 4 is 29.0 Å². The summed E-state index contributed by atoms with van der Waals surface area (Å²) in [6, 6.07) is 17.9. The van der Waals surface area contributed by atoms with Gasteiger partial charge in [-0.1, -0.05) is 56.6 Å². The number of aromatic nitrogens is 1. The Kier molecular flexibility index (Phi) is 4.54. The van der Waals surface area contributed by atoms with Crippen molar-refractivity contribution in [2.75, 3.05) is 4.90 Å². The summed E-state index contributed by atoms with van der Waals surface area (Å²) >= 11 is 6.34. The van der Waals surface area contributed by atoms with Crippen molar-refractivity contribution in [2.45, 2.75) is 45.4 Å². The predicted octanol–water partition coefficient (Wildman–Crippen LogP) is 6.33. The Morgan fingerprint density at radius 1 is 1.00 bits per heavy atom. The molecule has 1 amide bonds. The summed E-state index contributed by atoms with van der Waals surface area (Å²) in [5.41, 5.74) is 4.20. The Bertz CT molecular complexity index is 1100. The van der Waals surface area contributed by atoms with Crippen LogP contribution in [0.1, 0.15) is 49.9 Å². The second-order valence-corrected chi connectivity index (χ2v) is 9.38. The topological polar surface area (TPSA) is 33.2 Å². The lowest BCUT2D eigenvalue weighted by molar-refractivity contribution is -0.120. The highest BCUT2D eigenvalue weighted by Gasteiger charge is 2.49. The van der Waals surface area contributed by atoms with E-state index in [1.54, 1.807) is 11.1 Å². The largest absolute Gasteiger partial charge is 0.273 e. The van der Waals surface area contributed by atoms with Crippen LogP contribution < -0.4 is 4.90 Å². The third kappa shape index (κ3) is 3.14. The van der Waals surface area contributed by atoms with Gasteiger partial charge in [-0.25, -0.2) is 4.98 Å². The highest BCUT2D eigenvalue weighted by atomic mass is 35.5. The third-order valence-electron chi connectivity index (χ3n) is 5.83. The molecule has 1 aliphatic rings. The van der Waals surface area contributed by atoms with E-state index in [4.69, 9.17) is 11.6 Å². The molecule has 1 unspecified atom stereocenters. The van der Waals surface area contributed by atoms with Crippen LogP contribution in [-0.4, -0.2) is 10.9 Å². The van der Waals surface area contributed by atoms with Crippen LogP contribution >= 0.6 is 11.6 Å². The quantitative estimate of drug-likeness (QED) is 0.500. The average Bonchev–Trinajstić information content (AvgIpc) is 2.89. The van der Waals surface area contributed by atoms with Gasteiger partial charge in [0.1, 0.15) is 5.82 Å². The van der Waals surface area contributed by atoms with Crippen molar-refractivity contribution in [1.29, 1.82) is 0 Å². The molecule has 0 fully saturated rings. The first kappa shape index (κ1) is 19.7. The molecule has 29 heavy (non-hydrogen) atoms. The Balaban J connectivity index is 1.90. The lowest BCUT2D eigenvalue weighted by Gasteiger charge is -2.26. The molecule has 1 aliphatic heterocycles. The SMILES string of the molecule is Cc1ccnc(N2C(=O)C(C)(c3ccc(C(C)(C)C)cc3)c3cc(Cl)ccc32)c1. The fraction of sp³-hybridized carbons (Fsp3) is 0.280. The van der Waals surface area contributed by atoms with Gasteiger partial charge in [-0.15, -0.1) is 0 Å². The number of benzene rings is 2. The second-order valence-electron chi connectivity index (χ2n) is 8.95. The number of carbonyl (C=O) groups is 1. The number of hydrogen-bond donors (Lipinski definition) is 0. The third-order valence-corrected chi connectivity index (χ3v) is 6.06. The van der Waals surface area contributed by atoms with E-state index in [9.17, 15) is 4.79 Å². The number of hydrogen-bond acceptors (Lipinski definition) is 2. The average molecular weight is 405 g/mol. The minimum absolute atomic E-state index is 0.0172. The van der Waals surface area contributed by atoms with E-state index in [-0.39, 0.29) is 11.3 Å². The number of rotatable bonds is 2. The number of nitrogens with zero attached hydrogens (tertiary/aromatic N) is 2. The molecule has 4 heteroatoms. The van der Waals surface area contributed by atoms with Gasteiger partial charge in [0.2, 0.25) is 5.91 Å². The summed E-state index contributed by atoms with van der Waals surface area (Å²) in [5, 5.41) is 0.619. The number of halogens is 1. The summed E-state index contributed by atoms with van der Waals surface area (Å²) in [7, 11) is 0. The number of aryl methyl sites for hydroxylation is 1. The van der Waals surface area contributed by atoms with Gasteiger partial charge in [0.05, 0.1) is 11.1 Å². The van der Waals surface area contributed by atoms with Crippen LogP contribution in [0, 0.1) is 6.92 Å². The zero-order valence-corrected chi connectivity index (χ0v) is 18.2. The first-order valence-electron chi connectivity index (χ1n) is 9.80. The van der Waals surface area contributed by atoms with E-state index < -0.39 is 5.41 Å². The molecule has 0 aliphatic carbocycles. The normalized spacial score (nSPS) is 18.8. The lowest BCUT2D eigenvalue weighted by Crippen LogP contribution is -2.37. The van der Waals surface area contributed by atoms with Crippen LogP contribution in [0.25, 0.3) is 0 Å². The fourth-order valence-electron chi connectivity index (χ4n) is 4.00. The van der Waals surface area contributed by atoms with Crippen LogP contribution in [0.4, 0.5) is 11.5 Å². The smallest absolute Gasteiger partial charge is 0.247 e. The van der Waals surface area contributed by atoms with Crippen LogP contribution in [0.3, 0.4) is 0 Å². The molecule has 4 rings (SSSR count). The Morgan fingerprint density at radius 3 is 2.31 bits per heavy atom. The Hall–Kier alpha value is -2.65. The first-order valence-corrected chi connectivity index (χ1v) is 10.2. The molecule has 2 aromatic carbocycles. The lowest BCUT2D eigenvalue weighted by atomic mass is 9.76. The van der Waals surface area contributed by atoms with Crippen molar-refractivity contribution < 1.29 is 4.79 Å². The molecule has 1 atom stereocenters. The molecule has 2 heterocycles. The zero-order chi connectivity index (χ0) is 21.0. The van der Waals surface area contributed by atoms with Crippen molar-refractivity contribution in [3.63, 3.8) is 0 Å². The minimum Gasteiger partial charge on any atom is -0.273 e. The summed E-state index contributed by atoms with van der Waals surface area (Å²) < 4.78 is 0. The summed E-state index contributed by atoms with van der Waals surface area (Å²) in [5.74, 6) is 0.616. The van der Waals surface area contributed by atoms with E-state index >= 15 is 0 Å². The molecular formula is C25H25ClN2O. The molecule has 0 bridgehead atoms. The van der Waals surface area contributed by atoms with Gasteiger partial charge in [-0.3, -0.25) is 9.69 Å². The standard InChI is InChI=1S/C25H25ClN2O/c1-16-12-13-27-22(14-16)28-21-11-10-19(26)15-20(21)25(5,23(28)29)18-8-6-17(7-9-18)24(2,3)4/h6-15H,1-5H3. The molecule has 1 aromatic heterocycles. The number of pyridine rings is 1. The van der Waals surface area contributed by atoms with E-state index in [2.05, 4.69) is 50.0 Å². The van der Waals surface area contributed by atoms with Gasteiger partial charge >= 0.3 is 0 Å². The minimum atomic E-state index is -0.831. The molecule has 3 aromatic rings. The molecule has 3 nitrogen and oxygen atoms in total. The van der Waals surface area contributed by atoms with Crippen molar-refractivity contribution in [2.24, 2.45) is 0 Å². The van der Waals surface area contributed by atoms with Crippen LogP contribution in [0.5, 0.6) is 0 Å². The molecule has 148 valence electrons. The van der Waals surface area contributed by atoms with Gasteiger partial charge in [0, 0.05) is 11.2 Å². The van der Waals surface area contributed by atoms with Gasteiger partial charge in [-0.05, 0) is 71.8 Å². The van der Waals surface area contributed by atoms with Crippen LogP contribution in [0.2, 0.25) is 5.02 Å². The van der Waals surface area contributed by atoms with Crippen LogP contribution in [0.15, 0.2) is 60.8 Å². The highest BCUT2D eigenvalue weighted by Crippen LogP contribution is 2.49. The molecule has 0 N–H and O–H groups in total. The van der Waals surface area contributed by atoms with Crippen molar-refractivity contribution in [3.05, 3.63) is 88.1 Å². The molecule has 0 radical (unpaired) electrons. The fourth-order valence-corrected chi connectivity index (χ4v) is 4.18. The predicted molar refractivity (Wildman–Crippen MR) is 119 cm³/mol. The van der Waals surface area contributed by atoms with Gasteiger partial charge in [-0.2, -0.15) is 0 Å². The highest BCUT2D eigenvalue weighted by molar-refractivity contribution is 6.31. The van der Waals surface area contributed by atoms with E-state index in [0.29, 0.717) is 10.8 Å². The number of amides is 1. The maximum atomic E-state index is 13.8. The van der Waals surface area contributed by atoms with E-state index in [1.165, 1.54) is 5.56 Å². The first-order chi connectivity index (χ1) is 13.6. The molecule has 0 saturated carbocycles. The Morgan fingerprint density at radius 2 is 1.69 bits per heavy atom. The number of anilines is 2. The zero-order valence-electron chi connectivity index (χ0n) is 17.5. The van der Waals surface area contributed by atoms with E-state index in [0.717, 1.165) is 22.4 Å². The number of fused-ring (bicyclic) bond motifs is 1. The molecule has 0 spiro atoms. The van der Waals surface area contributed by atoms with Crippen molar-refractivity contribution in [3.8, 4) is 0 Å². The molecular weight excluding hydrogens is 380 g/mol. The molecule has 0 saturated heterocycles. The maximum Gasteiger partial charge on any atom is 0.247 e. The van der Waals surface area contributed by atoms with Gasteiger partial charge in [0.25, 0.3) is 0 Å².